The number of benzene rings is 2. The zero-order valence-electron chi connectivity index (χ0n) is 15.8. The van der Waals surface area contributed by atoms with Gasteiger partial charge in [0.15, 0.2) is 0 Å². The van der Waals surface area contributed by atoms with Gasteiger partial charge in [-0.2, -0.15) is 0 Å². The van der Waals surface area contributed by atoms with Gasteiger partial charge in [-0.1, -0.05) is 23.7 Å². The third kappa shape index (κ3) is 5.83. The van der Waals surface area contributed by atoms with Crippen molar-refractivity contribution < 1.29 is 14.3 Å². The third-order valence-corrected chi connectivity index (χ3v) is 4.34. The Labute approximate surface area is 172 Å². The van der Waals surface area contributed by atoms with E-state index in [-0.39, 0.29) is 18.0 Å². The van der Waals surface area contributed by atoms with E-state index in [1.165, 1.54) is 17.0 Å². The van der Waals surface area contributed by atoms with Crippen LogP contribution in [0.4, 0.5) is 0 Å². The van der Waals surface area contributed by atoms with E-state index < -0.39 is 0 Å². The Bertz CT molecular complexity index is 1020. The van der Waals surface area contributed by atoms with Gasteiger partial charge in [-0.05, 0) is 36.4 Å². The summed E-state index contributed by atoms with van der Waals surface area (Å²) in [5, 5.41) is 3.32. The van der Waals surface area contributed by atoms with Crippen LogP contribution in [0.15, 0.2) is 65.7 Å². The maximum atomic E-state index is 12.3. The van der Waals surface area contributed by atoms with Crippen LogP contribution in [0.3, 0.4) is 0 Å². The minimum atomic E-state index is -0.311. The molecule has 3 aromatic rings. The molecule has 8 heteroatoms. The molecule has 0 fully saturated rings. The van der Waals surface area contributed by atoms with E-state index in [0.29, 0.717) is 29.6 Å². The number of nitrogens with zero attached hydrogens (tertiary/aromatic N) is 2. The number of carbonyl (C=O) groups is 1. The summed E-state index contributed by atoms with van der Waals surface area (Å²) in [6, 6.07) is 15.6. The zero-order valence-corrected chi connectivity index (χ0v) is 16.6. The van der Waals surface area contributed by atoms with Crippen molar-refractivity contribution in [2.75, 3.05) is 20.3 Å². The summed E-state index contributed by atoms with van der Waals surface area (Å²) >= 11 is 5.87. The van der Waals surface area contributed by atoms with Gasteiger partial charge in [0.1, 0.15) is 24.7 Å². The van der Waals surface area contributed by atoms with Crippen LogP contribution >= 0.6 is 11.6 Å². The quantitative estimate of drug-likeness (QED) is 0.574. The number of carbonyl (C=O) groups excluding carboxylic acids is 1. The van der Waals surface area contributed by atoms with Gasteiger partial charge in [0.25, 0.3) is 5.56 Å². The molecule has 29 heavy (non-hydrogen) atoms. The van der Waals surface area contributed by atoms with Gasteiger partial charge in [-0.25, -0.2) is 4.98 Å². The number of nitrogens with one attached hydrogen (secondary N) is 1. The van der Waals surface area contributed by atoms with E-state index in [0.717, 1.165) is 11.3 Å². The summed E-state index contributed by atoms with van der Waals surface area (Å²) < 4.78 is 11.9. The highest BCUT2D eigenvalue weighted by molar-refractivity contribution is 6.30. The maximum absolute atomic E-state index is 12.3. The van der Waals surface area contributed by atoms with Crippen molar-refractivity contribution >= 4 is 17.5 Å². The number of aromatic nitrogens is 2. The molecule has 0 atom stereocenters. The molecule has 1 aromatic heterocycles. The molecular weight excluding hydrogens is 394 g/mol. The van der Waals surface area contributed by atoms with Crippen LogP contribution in [0, 0.1) is 0 Å². The lowest BCUT2D eigenvalue weighted by atomic mass is 10.1. The Kier molecular flexibility index (Phi) is 6.86. The molecule has 1 heterocycles. The molecule has 0 aliphatic rings. The smallest absolute Gasteiger partial charge is 0.254 e. The lowest BCUT2D eigenvalue weighted by Gasteiger charge is -2.09. The second kappa shape index (κ2) is 9.75. The van der Waals surface area contributed by atoms with Gasteiger partial charge in [0.05, 0.1) is 25.7 Å². The average Bonchev–Trinajstić information content (AvgIpc) is 2.74. The molecule has 1 amide bonds. The molecule has 150 valence electrons. The molecular formula is C21H20ClN3O4. The van der Waals surface area contributed by atoms with Gasteiger partial charge in [0.2, 0.25) is 5.91 Å². The fourth-order valence-electron chi connectivity index (χ4n) is 2.57. The van der Waals surface area contributed by atoms with Gasteiger partial charge in [-0.15, -0.1) is 0 Å². The van der Waals surface area contributed by atoms with Gasteiger partial charge in [0, 0.05) is 16.7 Å². The van der Waals surface area contributed by atoms with E-state index in [4.69, 9.17) is 21.1 Å². The Morgan fingerprint density at radius 1 is 1.10 bits per heavy atom. The van der Waals surface area contributed by atoms with Crippen LogP contribution in [-0.2, 0) is 11.3 Å². The number of halogens is 1. The highest BCUT2D eigenvalue weighted by atomic mass is 35.5. The first-order valence-corrected chi connectivity index (χ1v) is 9.29. The van der Waals surface area contributed by atoms with Crippen LogP contribution in [0.25, 0.3) is 11.3 Å². The molecule has 0 bridgehead atoms. The first-order chi connectivity index (χ1) is 14.0. The van der Waals surface area contributed by atoms with Crippen molar-refractivity contribution in [1.29, 1.82) is 0 Å². The minimum Gasteiger partial charge on any atom is -0.497 e. The van der Waals surface area contributed by atoms with Crippen LogP contribution in [0.5, 0.6) is 11.5 Å². The summed E-state index contributed by atoms with van der Waals surface area (Å²) in [6.07, 6.45) is 1.36. The Morgan fingerprint density at radius 3 is 2.45 bits per heavy atom. The predicted molar refractivity (Wildman–Crippen MR) is 110 cm³/mol. The maximum Gasteiger partial charge on any atom is 0.254 e. The first kappa shape index (κ1) is 20.4. The standard InChI is InChI=1S/C21H20ClN3O4/c1-28-17-6-8-18(9-7-17)29-11-10-23-20(26)13-25-14-24-19(12-21(25)27)15-2-4-16(22)5-3-15/h2-9,12,14H,10-11,13H2,1H3,(H,23,26). The van der Waals surface area contributed by atoms with E-state index in [1.54, 1.807) is 55.6 Å². The average molecular weight is 414 g/mol. The highest BCUT2D eigenvalue weighted by Crippen LogP contribution is 2.18. The zero-order chi connectivity index (χ0) is 20.6. The summed E-state index contributed by atoms with van der Waals surface area (Å²) in [5.41, 5.74) is 0.990. The van der Waals surface area contributed by atoms with E-state index in [1.807, 2.05) is 0 Å². The summed E-state index contributed by atoms with van der Waals surface area (Å²) in [4.78, 5) is 28.6. The molecule has 0 aliphatic carbocycles. The molecule has 0 saturated carbocycles. The Balaban J connectivity index is 1.48. The number of hydrogen-bond donors (Lipinski definition) is 1. The van der Waals surface area contributed by atoms with Crippen molar-refractivity contribution in [3.63, 3.8) is 0 Å². The summed E-state index contributed by atoms with van der Waals surface area (Å²) in [5.74, 6) is 1.12. The Morgan fingerprint density at radius 2 is 1.79 bits per heavy atom. The molecule has 7 nitrogen and oxygen atoms in total. The number of methoxy groups -OCH3 is 1. The number of hydrogen-bond acceptors (Lipinski definition) is 5. The van der Waals surface area contributed by atoms with Crippen molar-refractivity contribution in [3.8, 4) is 22.8 Å². The topological polar surface area (TPSA) is 82.4 Å². The largest absolute Gasteiger partial charge is 0.497 e. The van der Waals surface area contributed by atoms with Crippen molar-refractivity contribution in [2.24, 2.45) is 0 Å². The van der Waals surface area contributed by atoms with Crippen molar-refractivity contribution in [3.05, 3.63) is 76.3 Å². The van der Waals surface area contributed by atoms with Crippen LogP contribution in [0.1, 0.15) is 0 Å². The summed E-state index contributed by atoms with van der Waals surface area (Å²) in [6.45, 7) is 0.506. The monoisotopic (exact) mass is 413 g/mol. The molecule has 0 radical (unpaired) electrons. The minimum absolute atomic E-state index is 0.116. The van der Waals surface area contributed by atoms with Gasteiger partial charge < -0.3 is 14.8 Å². The summed E-state index contributed by atoms with van der Waals surface area (Å²) in [7, 11) is 1.59. The molecule has 3 rings (SSSR count). The second-order valence-corrected chi connectivity index (χ2v) is 6.56. The fourth-order valence-corrected chi connectivity index (χ4v) is 2.69. The van der Waals surface area contributed by atoms with E-state index >= 15 is 0 Å². The third-order valence-electron chi connectivity index (χ3n) is 4.09. The molecule has 0 saturated heterocycles. The number of ether oxygens (including phenoxy) is 2. The molecule has 1 N–H and O–H groups in total. The SMILES string of the molecule is COc1ccc(OCCNC(=O)Cn2cnc(-c3ccc(Cl)cc3)cc2=O)cc1. The predicted octanol–water partition coefficient (Wildman–Crippen LogP) is 2.77. The highest BCUT2D eigenvalue weighted by Gasteiger charge is 2.07. The fraction of sp³-hybridized carbons (Fsp3) is 0.190. The normalized spacial score (nSPS) is 10.4. The molecule has 0 spiro atoms. The van der Waals surface area contributed by atoms with E-state index in [2.05, 4.69) is 10.3 Å². The second-order valence-electron chi connectivity index (χ2n) is 6.12. The van der Waals surface area contributed by atoms with Gasteiger partial charge >= 0.3 is 0 Å². The van der Waals surface area contributed by atoms with Crippen LogP contribution in [0.2, 0.25) is 5.02 Å². The first-order valence-electron chi connectivity index (χ1n) is 8.91. The van der Waals surface area contributed by atoms with Crippen LogP contribution < -0.4 is 20.3 Å². The van der Waals surface area contributed by atoms with E-state index in [9.17, 15) is 9.59 Å². The van der Waals surface area contributed by atoms with Gasteiger partial charge in [-0.3, -0.25) is 14.2 Å². The lowest BCUT2D eigenvalue weighted by Crippen LogP contribution is -2.34. The van der Waals surface area contributed by atoms with Crippen molar-refractivity contribution in [1.82, 2.24) is 14.9 Å². The lowest BCUT2D eigenvalue weighted by molar-refractivity contribution is -0.121. The van der Waals surface area contributed by atoms with Crippen molar-refractivity contribution in [2.45, 2.75) is 6.54 Å². The molecule has 0 aliphatic heterocycles. The molecule has 2 aromatic carbocycles. The van der Waals surface area contributed by atoms with Crippen LogP contribution in [-0.4, -0.2) is 35.7 Å². The number of rotatable bonds is 8. The molecule has 0 unspecified atom stereocenters. The number of amides is 1. The Hall–Kier alpha value is -3.32.